The molecular weight excluding hydrogens is 334 g/mol. The van der Waals surface area contributed by atoms with Crippen LogP contribution in [0, 0.1) is 12.8 Å². The lowest BCUT2D eigenvalue weighted by atomic mass is 10.1. The highest BCUT2D eigenvalue weighted by atomic mass is 16.5. The Morgan fingerprint density at radius 3 is 2.54 bits per heavy atom. The SMILES string of the molecule is COc1cccc(N=C[C@H]2C(=O)NC(=O)N(c3ccc(C)cc3)C2=O)c1. The highest BCUT2D eigenvalue weighted by molar-refractivity contribution is 6.32. The number of nitrogens with one attached hydrogen (secondary N) is 1. The number of methoxy groups -OCH3 is 1. The van der Waals surface area contributed by atoms with E-state index >= 15 is 0 Å². The van der Waals surface area contributed by atoms with Crippen molar-refractivity contribution in [1.29, 1.82) is 0 Å². The molecule has 0 unspecified atom stereocenters. The third-order valence-electron chi connectivity index (χ3n) is 3.92. The van der Waals surface area contributed by atoms with E-state index in [4.69, 9.17) is 4.74 Å². The molecule has 0 bridgehead atoms. The lowest BCUT2D eigenvalue weighted by Crippen LogP contribution is -2.58. The highest BCUT2D eigenvalue weighted by Gasteiger charge is 2.40. The summed E-state index contributed by atoms with van der Waals surface area (Å²) in [4.78, 5) is 42.0. The second-order valence-corrected chi connectivity index (χ2v) is 5.76. The zero-order valence-corrected chi connectivity index (χ0v) is 14.3. The third kappa shape index (κ3) is 3.46. The van der Waals surface area contributed by atoms with Crippen LogP contribution in [-0.2, 0) is 9.59 Å². The van der Waals surface area contributed by atoms with Crippen LogP contribution in [0.1, 0.15) is 5.56 Å². The number of anilines is 1. The van der Waals surface area contributed by atoms with Crippen LogP contribution in [0.3, 0.4) is 0 Å². The Labute approximate surface area is 150 Å². The van der Waals surface area contributed by atoms with Crippen molar-refractivity contribution in [3.8, 4) is 5.75 Å². The Kier molecular flexibility index (Phi) is 4.79. The number of hydrogen-bond acceptors (Lipinski definition) is 5. The fraction of sp³-hybridized carbons (Fsp3) is 0.158. The molecule has 1 heterocycles. The summed E-state index contributed by atoms with van der Waals surface area (Å²) in [7, 11) is 1.53. The van der Waals surface area contributed by atoms with E-state index in [1.54, 1.807) is 48.5 Å². The number of benzene rings is 2. The number of nitrogens with zero attached hydrogens (tertiary/aromatic N) is 2. The van der Waals surface area contributed by atoms with Gasteiger partial charge in [0.05, 0.1) is 18.5 Å². The van der Waals surface area contributed by atoms with Crippen molar-refractivity contribution in [2.75, 3.05) is 12.0 Å². The van der Waals surface area contributed by atoms with Crippen LogP contribution in [-0.4, -0.2) is 31.2 Å². The van der Waals surface area contributed by atoms with E-state index < -0.39 is 23.8 Å². The molecule has 26 heavy (non-hydrogen) atoms. The summed E-state index contributed by atoms with van der Waals surface area (Å²) in [6.45, 7) is 1.90. The van der Waals surface area contributed by atoms with Gasteiger partial charge >= 0.3 is 6.03 Å². The molecule has 1 atom stereocenters. The fourth-order valence-corrected chi connectivity index (χ4v) is 2.51. The third-order valence-corrected chi connectivity index (χ3v) is 3.92. The second kappa shape index (κ2) is 7.18. The topological polar surface area (TPSA) is 88.1 Å². The molecule has 1 saturated heterocycles. The average molecular weight is 351 g/mol. The van der Waals surface area contributed by atoms with Gasteiger partial charge in [0.1, 0.15) is 5.75 Å². The molecule has 2 aromatic rings. The predicted molar refractivity (Wildman–Crippen MR) is 96.8 cm³/mol. The molecule has 1 aliphatic rings. The summed E-state index contributed by atoms with van der Waals surface area (Å²) >= 11 is 0. The van der Waals surface area contributed by atoms with Gasteiger partial charge in [0.25, 0.3) is 5.91 Å². The summed E-state index contributed by atoms with van der Waals surface area (Å²) in [5.74, 6) is -1.93. The summed E-state index contributed by atoms with van der Waals surface area (Å²) in [5.41, 5.74) is 1.92. The molecule has 1 fully saturated rings. The van der Waals surface area contributed by atoms with Gasteiger partial charge in [-0.1, -0.05) is 23.8 Å². The number of urea groups is 1. The number of imide groups is 2. The Morgan fingerprint density at radius 2 is 1.85 bits per heavy atom. The molecule has 1 aliphatic heterocycles. The summed E-state index contributed by atoms with van der Waals surface area (Å²) < 4.78 is 5.11. The van der Waals surface area contributed by atoms with Gasteiger partial charge in [0.15, 0.2) is 5.92 Å². The minimum Gasteiger partial charge on any atom is -0.497 e. The Morgan fingerprint density at radius 1 is 1.12 bits per heavy atom. The molecule has 0 aromatic heterocycles. The molecule has 0 saturated carbocycles. The molecule has 7 nitrogen and oxygen atoms in total. The van der Waals surface area contributed by atoms with Crippen LogP contribution in [0.15, 0.2) is 53.5 Å². The van der Waals surface area contributed by atoms with Crippen molar-refractivity contribution in [3.63, 3.8) is 0 Å². The van der Waals surface area contributed by atoms with Crippen molar-refractivity contribution >= 4 is 35.4 Å². The number of aryl methyl sites for hydroxylation is 1. The number of aliphatic imine (C=N–C) groups is 1. The number of hydrogen-bond donors (Lipinski definition) is 1. The quantitative estimate of drug-likeness (QED) is 0.677. The average Bonchev–Trinajstić information content (AvgIpc) is 2.63. The molecule has 0 radical (unpaired) electrons. The van der Waals surface area contributed by atoms with Gasteiger partial charge in [0.2, 0.25) is 5.91 Å². The van der Waals surface area contributed by atoms with E-state index in [9.17, 15) is 14.4 Å². The molecule has 0 aliphatic carbocycles. The molecule has 3 rings (SSSR count). The zero-order chi connectivity index (χ0) is 18.7. The van der Waals surface area contributed by atoms with E-state index in [2.05, 4.69) is 10.3 Å². The van der Waals surface area contributed by atoms with E-state index in [1.807, 2.05) is 6.92 Å². The summed E-state index contributed by atoms with van der Waals surface area (Å²) in [6.07, 6.45) is 1.24. The summed E-state index contributed by atoms with van der Waals surface area (Å²) in [5, 5.41) is 2.19. The van der Waals surface area contributed by atoms with Crippen molar-refractivity contribution in [3.05, 3.63) is 54.1 Å². The van der Waals surface area contributed by atoms with E-state index in [0.717, 1.165) is 10.5 Å². The minimum absolute atomic E-state index is 0.394. The van der Waals surface area contributed by atoms with E-state index in [-0.39, 0.29) is 0 Å². The first-order valence-corrected chi connectivity index (χ1v) is 7.93. The van der Waals surface area contributed by atoms with Crippen molar-refractivity contribution < 1.29 is 19.1 Å². The standard InChI is InChI=1S/C19H17N3O4/c1-12-6-8-14(9-7-12)22-18(24)16(17(23)21-19(22)25)11-20-13-4-3-5-15(10-13)26-2/h3-11,16H,1-2H3,(H,21,23,25)/t16-/m0/s1. The van der Waals surface area contributed by atoms with Crippen LogP contribution in [0.25, 0.3) is 0 Å². The largest absolute Gasteiger partial charge is 0.497 e. The maximum Gasteiger partial charge on any atom is 0.335 e. The van der Waals surface area contributed by atoms with Gasteiger partial charge in [-0.05, 0) is 31.2 Å². The number of amides is 4. The fourth-order valence-electron chi connectivity index (χ4n) is 2.51. The maximum atomic E-state index is 12.7. The highest BCUT2D eigenvalue weighted by Crippen LogP contribution is 2.22. The van der Waals surface area contributed by atoms with Crippen LogP contribution in [0.5, 0.6) is 5.75 Å². The molecule has 2 aromatic carbocycles. The first-order valence-electron chi connectivity index (χ1n) is 7.93. The lowest BCUT2D eigenvalue weighted by molar-refractivity contribution is -0.131. The molecule has 7 heteroatoms. The Hall–Kier alpha value is -3.48. The van der Waals surface area contributed by atoms with Gasteiger partial charge in [-0.2, -0.15) is 0 Å². The van der Waals surface area contributed by atoms with Gasteiger partial charge < -0.3 is 4.74 Å². The maximum absolute atomic E-state index is 12.7. The first-order chi connectivity index (χ1) is 12.5. The Balaban J connectivity index is 1.87. The zero-order valence-electron chi connectivity index (χ0n) is 14.3. The normalized spacial score (nSPS) is 17.5. The van der Waals surface area contributed by atoms with Crippen LogP contribution in [0.2, 0.25) is 0 Å². The monoisotopic (exact) mass is 351 g/mol. The van der Waals surface area contributed by atoms with Crippen molar-refractivity contribution in [1.82, 2.24) is 5.32 Å². The van der Waals surface area contributed by atoms with Crippen LogP contribution < -0.4 is 15.0 Å². The van der Waals surface area contributed by atoms with E-state index in [0.29, 0.717) is 17.1 Å². The van der Waals surface area contributed by atoms with Crippen LogP contribution in [0.4, 0.5) is 16.2 Å². The van der Waals surface area contributed by atoms with Crippen molar-refractivity contribution in [2.24, 2.45) is 10.9 Å². The summed E-state index contributed by atoms with van der Waals surface area (Å²) in [6, 6.07) is 13.0. The number of carbonyl (C=O) groups excluding carboxylic acids is 3. The molecule has 132 valence electrons. The Bertz CT molecular complexity index is 890. The minimum atomic E-state index is -1.19. The van der Waals surface area contributed by atoms with Gasteiger partial charge in [-0.3, -0.25) is 19.9 Å². The molecule has 1 N–H and O–H groups in total. The molecular formula is C19H17N3O4. The van der Waals surface area contributed by atoms with Gasteiger partial charge in [-0.15, -0.1) is 0 Å². The van der Waals surface area contributed by atoms with Gasteiger partial charge in [-0.25, -0.2) is 9.69 Å². The molecule has 4 amide bonds. The first kappa shape index (κ1) is 17.3. The van der Waals surface area contributed by atoms with Gasteiger partial charge in [0, 0.05) is 12.3 Å². The van der Waals surface area contributed by atoms with E-state index in [1.165, 1.54) is 13.3 Å². The number of carbonyl (C=O) groups is 3. The number of ether oxygens (including phenoxy) is 1. The molecule has 0 spiro atoms. The van der Waals surface area contributed by atoms with Crippen LogP contribution >= 0.6 is 0 Å². The second-order valence-electron chi connectivity index (χ2n) is 5.76. The number of rotatable bonds is 4. The van der Waals surface area contributed by atoms with Crippen molar-refractivity contribution in [2.45, 2.75) is 6.92 Å². The predicted octanol–water partition coefficient (Wildman–Crippen LogP) is 2.61. The number of barbiturate groups is 1. The lowest BCUT2D eigenvalue weighted by Gasteiger charge is -2.28. The smallest absolute Gasteiger partial charge is 0.335 e.